The molecule has 10 heteroatoms. The van der Waals surface area contributed by atoms with E-state index in [0.717, 1.165) is 33.4 Å². The van der Waals surface area contributed by atoms with Gasteiger partial charge in [-0.05, 0) is 77.5 Å². The maximum absolute atomic E-state index is 12.4. The molecular formula is C41H48N2O8. The summed E-state index contributed by atoms with van der Waals surface area (Å²) in [5, 5.41) is 42.0. The largest absolute Gasteiger partial charge is 0.508 e. The predicted molar refractivity (Wildman–Crippen MR) is 193 cm³/mol. The number of hydrogen-bond donors (Lipinski definition) is 5. The van der Waals surface area contributed by atoms with Crippen molar-refractivity contribution < 1.29 is 39.5 Å². The molecular weight excluding hydrogens is 648 g/mol. The van der Waals surface area contributed by atoms with Crippen molar-refractivity contribution in [2.45, 2.75) is 76.3 Å². The SMILES string of the molecule is CN(CC1CC(c2ccc(CO)cc2)OC(c2cccc(-c3cccc(CNC(=O)CCCCCC(=O)O)c3)c2)O1)CC(O)c1cccc(O)c1. The normalized spacial score (nSPS) is 18.0. The third-order valence-electron chi connectivity index (χ3n) is 9.07. The van der Waals surface area contributed by atoms with Crippen LogP contribution in [-0.2, 0) is 32.2 Å². The van der Waals surface area contributed by atoms with Crippen LogP contribution in [0.3, 0.4) is 0 Å². The van der Waals surface area contributed by atoms with Crippen LogP contribution >= 0.6 is 0 Å². The molecule has 1 fully saturated rings. The number of rotatable bonds is 17. The summed E-state index contributed by atoms with van der Waals surface area (Å²) in [5.41, 5.74) is 6.23. The topological polar surface area (TPSA) is 149 Å². The Kier molecular flexibility index (Phi) is 13.7. The molecule has 51 heavy (non-hydrogen) atoms. The molecule has 1 heterocycles. The van der Waals surface area contributed by atoms with Crippen molar-refractivity contribution in [3.05, 3.63) is 125 Å². The van der Waals surface area contributed by atoms with E-state index in [4.69, 9.17) is 14.6 Å². The van der Waals surface area contributed by atoms with E-state index >= 15 is 0 Å². The lowest BCUT2D eigenvalue weighted by Crippen LogP contribution is -2.39. The van der Waals surface area contributed by atoms with Crippen LogP contribution in [0.1, 0.15) is 84.8 Å². The van der Waals surface area contributed by atoms with E-state index in [-0.39, 0.29) is 36.9 Å². The number of nitrogens with zero attached hydrogens (tertiary/aromatic N) is 1. The molecule has 4 aromatic rings. The minimum Gasteiger partial charge on any atom is -0.508 e. The van der Waals surface area contributed by atoms with Crippen molar-refractivity contribution in [1.82, 2.24) is 10.2 Å². The van der Waals surface area contributed by atoms with Crippen LogP contribution in [0, 0.1) is 0 Å². The molecule has 1 saturated heterocycles. The smallest absolute Gasteiger partial charge is 0.303 e. The highest BCUT2D eigenvalue weighted by Crippen LogP contribution is 2.39. The van der Waals surface area contributed by atoms with E-state index in [9.17, 15) is 24.9 Å². The fourth-order valence-electron chi connectivity index (χ4n) is 6.34. The van der Waals surface area contributed by atoms with Crippen molar-refractivity contribution in [1.29, 1.82) is 0 Å². The number of carboxylic acid groups (broad SMARTS) is 1. The van der Waals surface area contributed by atoms with Gasteiger partial charge < -0.3 is 40.1 Å². The first-order valence-electron chi connectivity index (χ1n) is 17.5. The van der Waals surface area contributed by atoms with Gasteiger partial charge in [0.05, 0.1) is 24.9 Å². The average molecular weight is 697 g/mol. The van der Waals surface area contributed by atoms with E-state index < -0.39 is 18.4 Å². The summed E-state index contributed by atoms with van der Waals surface area (Å²) in [6, 6.07) is 30.5. The zero-order valence-electron chi connectivity index (χ0n) is 29.0. The molecule has 0 radical (unpaired) electrons. The number of carbonyl (C=O) groups excluding carboxylic acids is 1. The van der Waals surface area contributed by atoms with E-state index in [1.807, 2.05) is 72.6 Å². The van der Waals surface area contributed by atoms with Gasteiger partial charge >= 0.3 is 5.97 Å². The number of aliphatic carboxylic acids is 1. The number of aliphatic hydroxyl groups excluding tert-OH is 2. The Hall–Kier alpha value is -4.58. The van der Waals surface area contributed by atoms with E-state index in [2.05, 4.69) is 17.4 Å². The predicted octanol–water partition coefficient (Wildman–Crippen LogP) is 6.41. The van der Waals surface area contributed by atoms with Crippen LogP contribution < -0.4 is 5.32 Å². The molecule has 0 aromatic heterocycles. The van der Waals surface area contributed by atoms with Gasteiger partial charge in [-0.1, -0.05) is 79.2 Å². The highest BCUT2D eigenvalue weighted by Gasteiger charge is 2.33. The average Bonchev–Trinajstić information content (AvgIpc) is 3.13. The number of phenols is 1. The van der Waals surface area contributed by atoms with Crippen LogP contribution in [0.25, 0.3) is 11.1 Å². The molecule has 4 unspecified atom stereocenters. The molecule has 4 atom stereocenters. The van der Waals surface area contributed by atoms with Crippen molar-refractivity contribution in [3.8, 4) is 16.9 Å². The molecule has 10 nitrogen and oxygen atoms in total. The van der Waals surface area contributed by atoms with Gasteiger partial charge in [-0.2, -0.15) is 0 Å². The zero-order valence-corrected chi connectivity index (χ0v) is 29.0. The molecule has 0 bridgehead atoms. The molecule has 5 rings (SSSR count). The van der Waals surface area contributed by atoms with Gasteiger partial charge in [-0.15, -0.1) is 0 Å². The molecule has 0 spiro atoms. The monoisotopic (exact) mass is 696 g/mol. The minimum absolute atomic E-state index is 0.0387. The second kappa shape index (κ2) is 18.6. The van der Waals surface area contributed by atoms with Crippen molar-refractivity contribution in [2.75, 3.05) is 20.1 Å². The Morgan fingerprint density at radius 3 is 2.31 bits per heavy atom. The maximum atomic E-state index is 12.4. The number of nitrogens with one attached hydrogen (secondary N) is 1. The third kappa shape index (κ3) is 11.5. The third-order valence-corrected chi connectivity index (χ3v) is 9.07. The molecule has 1 aliphatic heterocycles. The van der Waals surface area contributed by atoms with E-state index in [1.165, 1.54) is 0 Å². The highest BCUT2D eigenvalue weighted by atomic mass is 16.7. The fraction of sp³-hybridized carbons (Fsp3) is 0.366. The van der Waals surface area contributed by atoms with Gasteiger partial charge in [0.2, 0.25) is 5.91 Å². The van der Waals surface area contributed by atoms with Crippen molar-refractivity contribution in [2.24, 2.45) is 0 Å². The van der Waals surface area contributed by atoms with Crippen LogP contribution in [0.5, 0.6) is 5.75 Å². The summed E-state index contributed by atoms with van der Waals surface area (Å²) in [6.45, 7) is 1.24. The molecule has 0 aliphatic carbocycles. The summed E-state index contributed by atoms with van der Waals surface area (Å²) in [4.78, 5) is 25.1. The van der Waals surface area contributed by atoms with Crippen LogP contribution in [0.4, 0.5) is 0 Å². The number of hydrogen-bond acceptors (Lipinski definition) is 8. The quantitative estimate of drug-likeness (QED) is 0.0790. The molecule has 4 aromatic carbocycles. The molecule has 5 N–H and O–H groups in total. The van der Waals surface area contributed by atoms with Gasteiger partial charge in [-0.25, -0.2) is 0 Å². The second-order valence-electron chi connectivity index (χ2n) is 13.2. The number of ether oxygens (including phenoxy) is 2. The van der Waals surface area contributed by atoms with Gasteiger partial charge in [0.15, 0.2) is 6.29 Å². The Balaban J connectivity index is 1.26. The number of aromatic hydroxyl groups is 1. The number of carboxylic acids is 1. The number of aliphatic hydroxyl groups is 2. The lowest BCUT2D eigenvalue weighted by Gasteiger charge is -2.38. The number of phenolic OH excluding ortho intramolecular Hbond substituents is 1. The van der Waals surface area contributed by atoms with Crippen molar-refractivity contribution in [3.63, 3.8) is 0 Å². The van der Waals surface area contributed by atoms with Gasteiger partial charge in [-0.3, -0.25) is 9.59 Å². The van der Waals surface area contributed by atoms with Crippen molar-refractivity contribution >= 4 is 11.9 Å². The molecule has 1 amide bonds. The minimum atomic E-state index is -0.814. The Bertz CT molecular complexity index is 1730. The lowest BCUT2D eigenvalue weighted by molar-refractivity contribution is -0.252. The van der Waals surface area contributed by atoms with Crippen LogP contribution in [0.2, 0.25) is 0 Å². The Labute approximate surface area is 299 Å². The second-order valence-corrected chi connectivity index (χ2v) is 13.2. The van der Waals surface area contributed by atoms with Gasteiger partial charge in [0.25, 0.3) is 0 Å². The lowest BCUT2D eigenvalue weighted by atomic mass is 9.98. The molecule has 0 saturated carbocycles. The first-order chi connectivity index (χ1) is 24.7. The van der Waals surface area contributed by atoms with Gasteiger partial charge in [0.1, 0.15) is 5.75 Å². The maximum Gasteiger partial charge on any atom is 0.303 e. The number of amides is 1. The summed E-state index contributed by atoms with van der Waals surface area (Å²) in [5.74, 6) is -0.761. The first kappa shape index (κ1) is 37.7. The van der Waals surface area contributed by atoms with Crippen LogP contribution in [-0.4, -0.2) is 63.4 Å². The number of carbonyl (C=O) groups is 2. The number of unbranched alkanes of at least 4 members (excludes halogenated alkanes) is 2. The number of likely N-dealkylation sites (N-methyl/N-ethyl adjacent to an activating group) is 1. The summed E-state index contributed by atoms with van der Waals surface area (Å²) in [6.07, 6.45) is 1.09. The Morgan fingerprint density at radius 1 is 0.843 bits per heavy atom. The summed E-state index contributed by atoms with van der Waals surface area (Å²) < 4.78 is 13.2. The standard InChI is InChI=1S/C41H48N2O8/c1-43(26-37(46)33-11-7-13-35(45)22-33)25-36-23-38(30-18-16-28(27-44)17-19-30)51-41(50-36)34-12-6-10-32(21-34)31-9-5-8-29(20-31)24-42-39(47)14-3-2-4-15-40(48)49/h5-13,16-22,36-38,41,44-46H,2-4,14-15,23-27H2,1H3,(H,42,47)(H,48,49). The molecule has 1 aliphatic rings. The summed E-state index contributed by atoms with van der Waals surface area (Å²) >= 11 is 0. The van der Waals surface area contributed by atoms with E-state index in [0.29, 0.717) is 57.3 Å². The number of benzene rings is 4. The highest BCUT2D eigenvalue weighted by molar-refractivity contribution is 5.76. The Morgan fingerprint density at radius 2 is 1.57 bits per heavy atom. The van der Waals surface area contributed by atoms with Gasteiger partial charge in [0, 0.05) is 44.5 Å². The van der Waals surface area contributed by atoms with Crippen LogP contribution in [0.15, 0.2) is 97.1 Å². The summed E-state index contributed by atoms with van der Waals surface area (Å²) in [7, 11) is 1.93. The van der Waals surface area contributed by atoms with E-state index in [1.54, 1.807) is 24.3 Å². The fourth-order valence-corrected chi connectivity index (χ4v) is 6.34. The first-order valence-corrected chi connectivity index (χ1v) is 17.5. The molecule has 270 valence electrons. The zero-order chi connectivity index (χ0) is 36.2.